The van der Waals surface area contributed by atoms with Gasteiger partial charge < -0.3 is 4.74 Å². The van der Waals surface area contributed by atoms with Crippen molar-refractivity contribution in [1.29, 1.82) is 0 Å². The van der Waals surface area contributed by atoms with Gasteiger partial charge in [0.15, 0.2) is 0 Å². The second-order valence-corrected chi connectivity index (χ2v) is 5.14. The molecule has 0 N–H and O–H groups in total. The summed E-state index contributed by atoms with van der Waals surface area (Å²) in [6, 6.07) is 14.2. The Hall–Kier alpha value is -1.47. The Labute approximate surface area is 112 Å². The standard InChI is InChI=1S/C16H15ClO/c17-15-6-8-16(9-7-15)18-11-12-4-5-13-2-1-3-14(13)10-12/h4-10H,1-3,11H2. The molecule has 1 nitrogen and oxygen atoms in total. The van der Waals surface area contributed by atoms with Crippen LogP contribution in [0.5, 0.6) is 5.75 Å². The van der Waals surface area contributed by atoms with Crippen LogP contribution in [0.15, 0.2) is 42.5 Å². The predicted molar refractivity (Wildman–Crippen MR) is 74.3 cm³/mol. The van der Waals surface area contributed by atoms with Crippen LogP contribution in [0.3, 0.4) is 0 Å². The van der Waals surface area contributed by atoms with Crippen molar-refractivity contribution in [2.24, 2.45) is 0 Å². The fourth-order valence-corrected chi connectivity index (χ4v) is 2.54. The monoisotopic (exact) mass is 258 g/mol. The Morgan fingerprint density at radius 3 is 2.56 bits per heavy atom. The number of rotatable bonds is 3. The molecule has 2 heteroatoms. The van der Waals surface area contributed by atoms with E-state index in [-0.39, 0.29) is 0 Å². The third kappa shape index (κ3) is 2.51. The minimum Gasteiger partial charge on any atom is -0.489 e. The van der Waals surface area contributed by atoms with Gasteiger partial charge in [0.2, 0.25) is 0 Å². The Kier molecular flexibility index (Phi) is 3.24. The van der Waals surface area contributed by atoms with Crippen LogP contribution >= 0.6 is 11.6 Å². The van der Waals surface area contributed by atoms with E-state index < -0.39 is 0 Å². The second kappa shape index (κ2) is 5.03. The summed E-state index contributed by atoms with van der Waals surface area (Å²) in [5, 5.41) is 0.736. The summed E-state index contributed by atoms with van der Waals surface area (Å²) in [4.78, 5) is 0. The van der Waals surface area contributed by atoms with E-state index in [0.29, 0.717) is 6.61 Å². The molecule has 1 aliphatic carbocycles. The van der Waals surface area contributed by atoms with Crippen molar-refractivity contribution >= 4 is 11.6 Å². The van der Waals surface area contributed by atoms with Crippen molar-refractivity contribution in [2.45, 2.75) is 25.9 Å². The Balaban J connectivity index is 1.68. The van der Waals surface area contributed by atoms with Gasteiger partial charge in [0, 0.05) is 5.02 Å². The highest BCUT2D eigenvalue weighted by Gasteiger charge is 2.10. The largest absolute Gasteiger partial charge is 0.489 e. The molecule has 0 radical (unpaired) electrons. The first-order chi connectivity index (χ1) is 8.81. The molecule has 0 atom stereocenters. The van der Waals surface area contributed by atoms with Crippen LogP contribution in [0.4, 0.5) is 0 Å². The van der Waals surface area contributed by atoms with Crippen LogP contribution in [-0.4, -0.2) is 0 Å². The summed E-state index contributed by atoms with van der Waals surface area (Å²) in [6.07, 6.45) is 3.73. The van der Waals surface area contributed by atoms with E-state index in [1.165, 1.54) is 36.0 Å². The summed E-state index contributed by atoms with van der Waals surface area (Å²) in [6.45, 7) is 0.620. The van der Waals surface area contributed by atoms with Gasteiger partial charge in [-0.25, -0.2) is 0 Å². The number of ether oxygens (including phenoxy) is 1. The lowest BCUT2D eigenvalue weighted by Gasteiger charge is -2.08. The van der Waals surface area contributed by atoms with Gasteiger partial charge in [-0.1, -0.05) is 29.8 Å². The van der Waals surface area contributed by atoms with Crippen molar-refractivity contribution in [3.05, 3.63) is 64.2 Å². The smallest absolute Gasteiger partial charge is 0.119 e. The lowest BCUT2D eigenvalue weighted by Crippen LogP contribution is -1.96. The zero-order chi connectivity index (χ0) is 12.4. The fraction of sp³-hybridized carbons (Fsp3) is 0.250. The Morgan fingerprint density at radius 2 is 1.72 bits per heavy atom. The molecule has 2 aromatic rings. The van der Waals surface area contributed by atoms with Crippen LogP contribution in [0, 0.1) is 0 Å². The molecule has 0 bridgehead atoms. The van der Waals surface area contributed by atoms with Gasteiger partial charge in [0.25, 0.3) is 0 Å². The predicted octanol–water partition coefficient (Wildman–Crippen LogP) is 4.41. The van der Waals surface area contributed by atoms with E-state index in [2.05, 4.69) is 18.2 Å². The minimum absolute atomic E-state index is 0.620. The van der Waals surface area contributed by atoms with Gasteiger partial charge in [0.1, 0.15) is 12.4 Å². The summed E-state index contributed by atoms with van der Waals surface area (Å²) in [7, 11) is 0. The molecule has 0 aliphatic heterocycles. The van der Waals surface area contributed by atoms with Crippen molar-refractivity contribution < 1.29 is 4.74 Å². The van der Waals surface area contributed by atoms with E-state index in [0.717, 1.165) is 10.8 Å². The van der Waals surface area contributed by atoms with E-state index in [1.807, 2.05) is 24.3 Å². The quantitative estimate of drug-likeness (QED) is 0.793. The molecular weight excluding hydrogens is 244 g/mol. The highest BCUT2D eigenvalue weighted by Crippen LogP contribution is 2.23. The number of halogens is 1. The van der Waals surface area contributed by atoms with Gasteiger partial charge in [0.05, 0.1) is 0 Å². The number of hydrogen-bond donors (Lipinski definition) is 0. The van der Waals surface area contributed by atoms with E-state index in [4.69, 9.17) is 16.3 Å². The normalized spacial score (nSPS) is 13.4. The van der Waals surface area contributed by atoms with Crippen molar-refractivity contribution in [3.8, 4) is 5.75 Å². The van der Waals surface area contributed by atoms with E-state index in [1.54, 1.807) is 0 Å². The first-order valence-electron chi connectivity index (χ1n) is 6.30. The second-order valence-electron chi connectivity index (χ2n) is 4.70. The zero-order valence-corrected chi connectivity index (χ0v) is 10.9. The molecule has 0 aromatic heterocycles. The molecule has 0 unspecified atom stereocenters. The average Bonchev–Trinajstić information content (AvgIpc) is 2.85. The zero-order valence-electron chi connectivity index (χ0n) is 10.2. The molecule has 0 heterocycles. The van der Waals surface area contributed by atoms with E-state index >= 15 is 0 Å². The average molecular weight is 259 g/mol. The van der Waals surface area contributed by atoms with Crippen LogP contribution in [0.25, 0.3) is 0 Å². The maximum absolute atomic E-state index is 5.84. The lowest BCUT2D eigenvalue weighted by atomic mass is 10.1. The topological polar surface area (TPSA) is 9.23 Å². The van der Waals surface area contributed by atoms with Crippen molar-refractivity contribution in [1.82, 2.24) is 0 Å². The first-order valence-corrected chi connectivity index (χ1v) is 6.68. The molecule has 2 aromatic carbocycles. The first kappa shape index (κ1) is 11.6. The maximum Gasteiger partial charge on any atom is 0.119 e. The van der Waals surface area contributed by atoms with Crippen LogP contribution in [-0.2, 0) is 19.4 Å². The Bertz CT molecular complexity index is 546. The fourth-order valence-electron chi connectivity index (χ4n) is 2.41. The van der Waals surface area contributed by atoms with Gasteiger partial charge in [-0.15, -0.1) is 0 Å². The molecule has 1 aliphatic rings. The van der Waals surface area contributed by atoms with Crippen molar-refractivity contribution in [3.63, 3.8) is 0 Å². The third-order valence-electron chi connectivity index (χ3n) is 3.38. The number of benzene rings is 2. The molecule has 0 amide bonds. The molecule has 92 valence electrons. The SMILES string of the molecule is Clc1ccc(OCc2ccc3c(c2)CCC3)cc1. The molecule has 18 heavy (non-hydrogen) atoms. The molecule has 0 fully saturated rings. The van der Waals surface area contributed by atoms with Gasteiger partial charge >= 0.3 is 0 Å². The molecule has 0 saturated heterocycles. The summed E-state index contributed by atoms with van der Waals surface area (Å²) >= 11 is 5.84. The molecule has 0 spiro atoms. The van der Waals surface area contributed by atoms with Crippen LogP contribution < -0.4 is 4.74 Å². The molecule has 0 saturated carbocycles. The number of fused-ring (bicyclic) bond motifs is 1. The summed E-state index contributed by atoms with van der Waals surface area (Å²) < 4.78 is 5.75. The number of hydrogen-bond acceptors (Lipinski definition) is 1. The third-order valence-corrected chi connectivity index (χ3v) is 3.63. The highest BCUT2D eigenvalue weighted by atomic mass is 35.5. The highest BCUT2D eigenvalue weighted by molar-refractivity contribution is 6.30. The summed E-state index contributed by atoms with van der Waals surface area (Å²) in [5.74, 6) is 0.861. The summed E-state index contributed by atoms with van der Waals surface area (Å²) in [5.41, 5.74) is 4.24. The minimum atomic E-state index is 0.620. The molecular formula is C16H15ClO. The van der Waals surface area contributed by atoms with Crippen LogP contribution in [0.2, 0.25) is 5.02 Å². The van der Waals surface area contributed by atoms with E-state index in [9.17, 15) is 0 Å². The van der Waals surface area contributed by atoms with Crippen molar-refractivity contribution in [2.75, 3.05) is 0 Å². The van der Waals surface area contributed by atoms with Crippen LogP contribution in [0.1, 0.15) is 23.1 Å². The number of aryl methyl sites for hydroxylation is 2. The molecule has 3 rings (SSSR count). The lowest BCUT2D eigenvalue weighted by molar-refractivity contribution is 0.306. The van der Waals surface area contributed by atoms with Gasteiger partial charge in [-0.3, -0.25) is 0 Å². The maximum atomic E-state index is 5.84. The van der Waals surface area contributed by atoms with Gasteiger partial charge in [-0.2, -0.15) is 0 Å². The van der Waals surface area contributed by atoms with Gasteiger partial charge in [-0.05, 0) is 60.2 Å². The Morgan fingerprint density at radius 1 is 0.944 bits per heavy atom.